The van der Waals surface area contributed by atoms with E-state index in [1.807, 2.05) is 6.07 Å². The number of ether oxygens (including phenoxy) is 1. The maximum Gasteiger partial charge on any atom is 0.340 e. The molecular formula is C18H19NO4. The largest absolute Gasteiger partial charge is 0.478 e. The van der Waals surface area contributed by atoms with E-state index in [0.29, 0.717) is 22.5 Å². The third kappa shape index (κ3) is 3.39. The van der Waals surface area contributed by atoms with E-state index in [1.54, 1.807) is 52.0 Å². The fourth-order valence-electron chi connectivity index (χ4n) is 2.53. The summed E-state index contributed by atoms with van der Waals surface area (Å²) in [4.78, 5) is 28.5. The van der Waals surface area contributed by atoms with E-state index in [-0.39, 0.29) is 17.2 Å². The van der Waals surface area contributed by atoms with E-state index in [0.717, 1.165) is 0 Å². The minimum Gasteiger partial charge on any atom is -0.478 e. The van der Waals surface area contributed by atoms with Crippen molar-refractivity contribution in [2.75, 3.05) is 0 Å². The van der Waals surface area contributed by atoms with Crippen LogP contribution >= 0.6 is 0 Å². The van der Waals surface area contributed by atoms with Crippen LogP contribution in [0.3, 0.4) is 0 Å². The van der Waals surface area contributed by atoms with Crippen molar-refractivity contribution in [3.05, 3.63) is 52.8 Å². The number of benzene rings is 1. The number of carbonyl (C=O) groups excluding carboxylic acids is 1. The van der Waals surface area contributed by atoms with Crippen molar-refractivity contribution in [2.45, 2.75) is 33.8 Å². The van der Waals surface area contributed by atoms with Gasteiger partial charge in [0.15, 0.2) is 0 Å². The SMILES string of the molecule is Cc1nc(C)c(C(=O)OC(C)C)c(-c2ccccc2)c1C(=O)O. The van der Waals surface area contributed by atoms with Gasteiger partial charge in [-0.15, -0.1) is 0 Å². The summed E-state index contributed by atoms with van der Waals surface area (Å²) >= 11 is 0. The highest BCUT2D eigenvalue weighted by molar-refractivity contribution is 6.06. The summed E-state index contributed by atoms with van der Waals surface area (Å²) in [5.74, 6) is -1.68. The Kier molecular flexibility index (Phi) is 4.79. The van der Waals surface area contributed by atoms with Crippen LogP contribution < -0.4 is 0 Å². The number of aromatic carboxylic acids is 1. The van der Waals surface area contributed by atoms with Crippen molar-refractivity contribution < 1.29 is 19.4 Å². The summed E-state index contributed by atoms with van der Waals surface area (Å²) in [6, 6.07) is 8.96. The molecule has 1 aromatic heterocycles. The Bertz CT molecular complexity index is 751. The van der Waals surface area contributed by atoms with Crippen LogP contribution in [0.4, 0.5) is 0 Å². The minimum absolute atomic E-state index is 0.0255. The van der Waals surface area contributed by atoms with Crippen molar-refractivity contribution in [3.63, 3.8) is 0 Å². The molecule has 0 spiro atoms. The molecule has 2 aromatic rings. The molecular weight excluding hydrogens is 294 g/mol. The summed E-state index contributed by atoms with van der Waals surface area (Å²) in [6.45, 7) is 6.80. The Morgan fingerprint density at radius 3 is 2.13 bits per heavy atom. The standard InChI is InChI=1S/C18H19NO4/c1-10(2)23-18(22)15-12(4)19-11(3)14(17(20)21)16(15)13-8-6-5-7-9-13/h5-10H,1-4H3,(H,20,21). The van der Waals surface area contributed by atoms with Gasteiger partial charge in [-0.05, 0) is 33.3 Å². The number of hydrogen-bond donors (Lipinski definition) is 1. The molecule has 0 aliphatic heterocycles. The molecule has 0 fully saturated rings. The first kappa shape index (κ1) is 16.7. The third-order valence-corrected chi connectivity index (χ3v) is 3.38. The number of carboxylic acid groups (broad SMARTS) is 1. The van der Waals surface area contributed by atoms with E-state index in [9.17, 15) is 14.7 Å². The molecule has 1 N–H and O–H groups in total. The molecule has 1 aromatic carbocycles. The van der Waals surface area contributed by atoms with Gasteiger partial charge < -0.3 is 9.84 Å². The van der Waals surface area contributed by atoms with Gasteiger partial charge in [-0.3, -0.25) is 4.98 Å². The molecule has 0 aliphatic carbocycles. The summed E-state index contributed by atoms with van der Waals surface area (Å²) in [5, 5.41) is 9.59. The summed E-state index contributed by atoms with van der Waals surface area (Å²) in [5.41, 5.74) is 2.06. The van der Waals surface area contributed by atoms with Gasteiger partial charge in [-0.25, -0.2) is 9.59 Å². The van der Waals surface area contributed by atoms with Crippen molar-refractivity contribution in [3.8, 4) is 11.1 Å². The molecule has 0 saturated heterocycles. The van der Waals surface area contributed by atoms with Crippen molar-refractivity contribution in [2.24, 2.45) is 0 Å². The maximum atomic E-state index is 12.5. The molecule has 5 heteroatoms. The monoisotopic (exact) mass is 313 g/mol. The highest BCUT2D eigenvalue weighted by atomic mass is 16.5. The lowest BCUT2D eigenvalue weighted by molar-refractivity contribution is 0.0377. The van der Waals surface area contributed by atoms with Crippen LogP contribution in [0.25, 0.3) is 11.1 Å². The van der Waals surface area contributed by atoms with Gasteiger partial charge in [-0.1, -0.05) is 30.3 Å². The van der Waals surface area contributed by atoms with Gasteiger partial charge in [0.1, 0.15) is 0 Å². The number of aryl methyl sites for hydroxylation is 2. The number of nitrogens with zero attached hydrogens (tertiary/aromatic N) is 1. The van der Waals surface area contributed by atoms with Crippen LogP contribution in [0, 0.1) is 13.8 Å². The summed E-state index contributed by atoms with van der Waals surface area (Å²) in [6.07, 6.45) is -0.305. The smallest absolute Gasteiger partial charge is 0.340 e. The number of esters is 1. The van der Waals surface area contributed by atoms with Crippen molar-refractivity contribution >= 4 is 11.9 Å². The summed E-state index contributed by atoms with van der Waals surface area (Å²) in [7, 11) is 0. The van der Waals surface area contributed by atoms with Crippen LogP contribution in [0.15, 0.2) is 30.3 Å². The first-order chi connectivity index (χ1) is 10.8. The normalized spacial score (nSPS) is 10.7. The quantitative estimate of drug-likeness (QED) is 0.872. The highest BCUT2D eigenvalue weighted by Gasteiger charge is 2.27. The number of carbonyl (C=O) groups is 2. The lowest BCUT2D eigenvalue weighted by Gasteiger charge is -2.17. The Morgan fingerprint density at radius 2 is 1.61 bits per heavy atom. The molecule has 0 bridgehead atoms. The van der Waals surface area contributed by atoms with E-state index in [4.69, 9.17) is 4.74 Å². The lowest BCUT2D eigenvalue weighted by Crippen LogP contribution is -2.18. The van der Waals surface area contributed by atoms with Crippen LogP contribution in [0.5, 0.6) is 0 Å². The maximum absolute atomic E-state index is 12.5. The second-order valence-corrected chi connectivity index (χ2v) is 5.53. The number of hydrogen-bond acceptors (Lipinski definition) is 4. The van der Waals surface area contributed by atoms with Crippen molar-refractivity contribution in [1.29, 1.82) is 0 Å². The molecule has 2 rings (SSSR count). The average molecular weight is 313 g/mol. The zero-order valence-corrected chi connectivity index (χ0v) is 13.6. The summed E-state index contributed by atoms with van der Waals surface area (Å²) < 4.78 is 5.28. The van der Waals surface area contributed by atoms with Gasteiger partial charge in [0, 0.05) is 5.56 Å². The Morgan fingerprint density at radius 1 is 1.04 bits per heavy atom. The Labute approximate surface area is 134 Å². The minimum atomic E-state index is -1.12. The van der Waals surface area contributed by atoms with Crippen LogP contribution in [-0.4, -0.2) is 28.1 Å². The average Bonchev–Trinajstić information content (AvgIpc) is 2.45. The van der Waals surface area contributed by atoms with Crippen LogP contribution in [-0.2, 0) is 4.74 Å². The fraction of sp³-hybridized carbons (Fsp3) is 0.278. The van der Waals surface area contributed by atoms with Gasteiger partial charge in [0.05, 0.1) is 28.6 Å². The zero-order valence-electron chi connectivity index (χ0n) is 13.6. The van der Waals surface area contributed by atoms with Gasteiger partial charge in [0.2, 0.25) is 0 Å². The lowest BCUT2D eigenvalue weighted by atomic mass is 9.92. The molecule has 0 unspecified atom stereocenters. The van der Waals surface area contributed by atoms with Crippen molar-refractivity contribution in [1.82, 2.24) is 4.98 Å². The Balaban J connectivity index is 2.82. The molecule has 23 heavy (non-hydrogen) atoms. The predicted molar refractivity (Wildman–Crippen MR) is 86.7 cm³/mol. The molecule has 0 aliphatic rings. The first-order valence-corrected chi connectivity index (χ1v) is 7.33. The van der Waals surface area contributed by atoms with E-state index in [2.05, 4.69) is 4.98 Å². The topological polar surface area (TPSA) is 76.5 Å². The Hall–Kier alpha value is -2.69. The number of carboxylic acids is 1. The molecule has 120 valence electrons. The van der Waals surface area contributed by atoms with Gasteiger partial charge in [0.25, 0.3) is 0 Å². The van der Waals surface area contributed by atoms with Gasteiger partial charge >= 0.3 is 11.9 Å². The van der Waals surface area contributed by atoms with Crippen LogP contribution in [0.1, 0.15) is 46.0 Å². The van der Waals surface area contributed by atoms with Gasteiger partial charge in [-0.2, -0.15) is 0 Å². The second kappa shape index (κ2) is 6.60. The molecule has 1 heterocycles. The molecule has 0 saturated carbocycles. The van der Waals surface area contributed by atoms with E-state index >= 15 is 0 Å². The third-order valence-electron chi connectivity index (χ3n) is 3.38. The second-order valence-electron chi connectivity index (χ2n) is 5.53. The zero-order chi connectivity index (χ0) is 17.1. The molecule has 5 nitrogen and oxygen atoms in total. The van der Waals surface area contributed by atoms with Crippen LogP contribution in [0.2, 0.25) is 0 Å². The predicted octanol–water partition coefficient (Wildman–Crippen LogP) is 3.63. The number of pyridine rings is 1. The number of rotatable bonds is 4. The van der Waals surface area contributed by atoms with E-state index in [1.165, 1.54) is 0 Å². The first-order valence-electron chi connectivity index (χ1n) is 7.33. The fourth-order valence-corrected chi connectivity index (χ4v) is 2.53. The molecule has 0 amide bonds. The molecule has 0 atom stereocenters. The molecule has 0 radical (unpaired) electrons. The highest BCUT2D eigenvalue weighted by Crippen LogP contribution is 2.32. The number of aromatic nitrogens is 1. The van der Waals surface area contributed by atoms with E-state index < -0.39 is 11.9 Å².